The van der Waals surface area contributed by atoms with Crippen LogP contribution in [0.1, 0.15) is 51.1 Å². The molecule has 1 aromatic carbocycles. The van der Waals surface area contributed by atoms with Crippen molar-refractivity contribution in [3.8, 4) is 0 Å². The molecular weight excluding hydrogens is 330 g/mol. The van der Waals surface area contributed by atoms with Gasteiger partial charge >= 0.3 is 0 Å². The monoisotopic (exact) mass is 359 g/mol. The van der Waals surface area contributed by atoms with Gasteiger partial charge in [-0.15, -0.1) is 0 Å². The van der Waals surface area contributed by atoms with Gasteiger partial charge in [0.05, 0.1) is 18.2 Å². The standard InChI is InChI=1S/C20H29N3O3/c1-13(2)10-16-11-15(23-26-16)12-21-19(24)17-8-9-18(22-20(17)25)14-6-4-3-5-7-14/h3-7,13,15-18,23H,8-12H2,1-2H3,(H,21,24)(H,22,25). The molecule has 4 atom stereocenters. The Kier molecular flexibility index (Phi) is 6.27. The number of benzene rings is 1. The Morgan fingerprint density at radius 2 is 2.04 bits per heavy atom. The summed E-state index contributed by atoms with van der Waals surface area (Å²) in [6.45, 7) is 4.82. The largest absolute Gasteiger partial charge is 0.354 e. The van der Waals surface area contributed by atoms with Crippen molar-refractivity contribution >= 4 is 11.8 Å². The van der Waals surface area contributed by atoms with Gasteiger partial charge in [-0.05, 0) is 37.2 Å². The SMILES string of the molecule is CC(C)CC1CC(CNC(=O)C2CCC(c3ccccc3)NC2=O)NO1. The fourth-order valence-corrected chi connectivity index (χ4v) is 3.74. The molecule has 2 amide bonds. The number of hydrogen-bond acceptors (Lipinski definition) is 4. The molecule has 3 N–H and O–H groups in total. The lowest BCUT2D eigenvalue weighted by molar-refractivity contribution is -0.137. The second kappa shape index (κ2) is 8.64. The second-order valence-electron chi connectivity index (χ2n) is 7.77. The van der Waals surface area contributed by atoms with Crippen LogP contribution in [0.15, 0.2) is 30.3 Å². The molecule has 2 fully saturated rings. The lowest BCUT2D eigenvalue weighted by atomic mass is 9.89. The number of hydroxylamine groups is 1. The smallest absolute Gasteiger partial charge is 0.233 e. The highest BCUT2D eigenvalue weighted by Gasteiger charge is 2.34. The van der Waals surface area contributed by atoms with Crippen LogP contribution in [0.4, 0.5) is 0 Å². The maximum atomic E-state index is 12.4. The van der Waals surface area contributed by atoms with Crippen LogP contribution < -0.4 is 16.1 Å². The van der Waals surface area contributed by atoms with Crippen LogP contribution in [0.3, 0.4) is 0 Å². The van der Waals surface area contributed by atoms with E-state index in [1.165, 1.54) is 0 Å². The predicted octanol–water partition coefficient (Wildman–Crippen LogP) is 2.08. The van der Waals surface area contributed by atoms with Crippen molar-refractivity contribution in [3.63, 3.8) is 0 Å². The van der Waals surface area contributed by atoms with Crippen LogP contribution in [-0.2, 0) is 14.4 Å². The van der Waals surface area contributed by atoms with Crippen molar-refractivity contribution in [2.45, 2.75) is 57.7 Å². The maximum absolute atomic E-state index is 12.4. The van der Waals surface area contributed by atoms with Gasteiger partial charge in [0.1, 0.15) is 5.92 Å². The number of carbonyl (C=O) groups excluding carboxylic acids is 2. The lowest BCUT2D eigenvalue weighted by Crippen LogP contribution is -2.48. The Morgan fingerprint density at radius 1 is 1.27 bits per heavy atom. The molecule has 2 aliphatic rings. The third kappa shape index (κ3) is 4.83. The number of carbonyl (C=O) groups is 2. The highest BCUT2D eigenvalue weighted by Crippen LogP contribution is 2.26. The predicted molar refractivity (Wildman–Crippen MR) is 98.9 cm³/mol. The summed E-state index contributed by atoms with van der Waals surface area (Å²) in [5.74, 6) is -0.401. The Bertz CT molecular complexity index is 620. The maximum Gasteiger partial charge on any atom is 0.233 e. The van der Waals surface area contributed by atoms with E-state index in [4.69, 9.17) is 4.84 Å². The summed E-state index contributed by atoms with van der Waals surface area (Å²) < 4.78 is 0. The Balaban J connectivity index is 1.44. The number of amides is 2. The van der Waals surface area contributed by atoms with Gasteiger partial charge in [0.25, 0.3) is 0 Å². The van der Waals surface area contributed by atoms with E-state index in [1.54, 1.807) is 0 Å². The van der Waals surface area contributed by atoms with Gasteiger partial charge in [0, 0.05) is 6.54 Å². The molecule has 2 heterocycles. The zero-order chi connectivity index (χ0) is 18.5. The van der Waals surface area contributed by atoms with Gasteiger partial charge < -0.3 is 10.6 Å². The molecule has 6 nitrogen and oxygen atoms in total. The number of hydrogen-bond donors (Lipinski definition) is 3. The van der Waals surface area contributed by atoms with Gasteiger partial charge in [-0.1, -0.05) is 44.2 Å². The zero-order valence-electron chi connectivity index (χ0n) is 15.5. The summed E-state index contributed by atoms with van der Waals surface area (Å²) in [6.07, 6.45) is 3.42. The van der Waals surface area contributed by atoms with E-state index in [0.717, 1.165) is 24.8 Å². The highest BCUT2D eigenvalue weighted by molar-refractivity contribution is 6.00. The van der Waals surface area contributed by atoms with Crippen LogP contribution in [0.25, 0.3) is 0 Å². The van der Waals surface area contributed by atoms with E-state index < -0.39 is 5.92 Å². The van der Waals surface area contributed by atoms with Crippen molar-refractivity contribution in [2.24, 2.45) is 11.8 Å². The molecule has 0 radical (unpaired) electrons. The molecule has 0 aliphatic carbocycles. The first-order chi connectivity index (χ1) is 12.5. The first kappa shape index (κ1) is 18.9. The van der Waals surface area contributed by atoms with Crippen molar-refractivity contribution in [2.75, 3.05) is 6.54 Å². The minimum Gasteiger partial charge on any atom is -0.354 e. The number of piperidine rings is 1. The minimum absolute atomic E-state index is 0.00515. The molecule has 2 aliphatic heterocycles. The Labute approximate surface area is 155 Å². The van der Waals surface area contributed by atoms with Gasteiger partial charge in [-0.3, -0.25) is 14.4 Å². The molecule has 0 saturated carbocycles. The average molecular weight is 359 g/mol. The van der Waals surface area contributed by atoms with Gasteiger partial charge in [0.15, 0.2) is 0 Å². The summed E-state index contributed by atoms with van der Waals surface area (Å²) in [5, 5.41) is 5.89. The highest BCUT2D eigenvalue weighted by atomic mass is 16.7. The molecule has 3 rings (SSSR count). The fourth-order valence-electron chi connectivity index (χ4n) is 3.74. The van der Waals surface area contributed by atoms with Gasteiger partial charge in [-0.2, -0.15) is 5.48 Å². The van der Waals surface area contributed by atoms with E-state index in [1.807, 2.05) is 30.3 Å². The van der Waals surface area contributed by atoms with Crippen molar-refractivity contribution in [1.82, 2.24) is 16.1 Å². The summed E-state index contributed by atoms with van der Waals surface area (Å²) in [6, 6.07) is 9.99. The van der Waals surface area contributed by atoms with Crippen LogP contribution in [-0.4, -0.2) is 30.5 Å². The Morgan fingerprint density at radius 3 is 2.73 bits per heavy atom. The fraction of sp³-hybridized carbons (Fsp3) is 0.600. The Hall–Kier alpha value is -1.92. The molecule has 2 saturated heterocycles. The third-order valence-corrected chi connectivity index (χ3v) is 5.10. The molecular formula is C20H29N3O3. The van der Waals surface area contributed by atoms with Crippen molar-refractivity contribution in [1.29, 1.82) is 0 Å². The van der Waals surface area contributed by atoms with E-state index in [2.05, 4.69) is 30.0 Å². The quantitative estimate of drug-likeness (QED) is 0.680. The van der Waals surface area contributed by atoms with E-state index >= 15 is 0 Å². The summed E-state index contributed by atoms with van der Waals surface area (Å²) in [7, 11) is 0. The first-order valence-electron chi connectivity index (χ1n) is 9.57. The van der Waals surface area contributed by atoms with Gasteiger partial charge in [-0.25, -0.2) is 0 Å². The van der Waals surface area contributed by atoms with Crippen molar-refractivity contribution in [3.05, 3.63) is 35.9 Å². The van der Waals surface area contributed by atoms with Crippen molar-refractivity contribution < 1.29 is 14.4 Å². The van der Waals surface area contributed by atoms with E-state index in [-0.39, 0.29) is 30.0 Å². The second-order valence-corrected chi connectivity index (χ2v) is 7.77. The summed E-state index contributed by atoms with van der Waals surface area (Å²) in [5.41, 5.74) is 4.08. The minimum atomic E-state index is -0.608. The molecule has 0 bridgehead atoms. The lowest BCUT2D eigenvalue weighted by Gasteiger charge is -2.29. The van der Waals surface area contributed by atoms with Crippen LogP contribution >= 0.6 is 0 Å². The first-order valence-corrected chi connectivity index (χ1v) is 9.57. The molecule has 6 heteroatoms. The van der Waals surface area contributed by atoms with E-state index in [0.29, 0.717) is 18.9 Å². The zero-order valence-corrected chi connectivity index (χ0v) is 15.5. The van der Waals surface area contributed by atoms with Crippen LogP contribution in [0.2, 0.25) is 0 Å². The number of nitrogens with one attached hydrogen (secondary N) is 3. The average Bonchev–Trinajstić information content (AvgIpc) is 3.07. The normalized spacial score (nSPS) is 28.8. The van der Waals surface area contributed by atoms with Crippen LogP contribution in [0, 0.1) is 11.8 Å². The molecule has 0 aromatic heterocycles. The number of rotatable bonds is 6. The van der Waals surface area contributed by atoms with Gasteiger partial charge in [0.2, 0.25) is 11.8 Å². The summed E-state index contributed by atoms with van der Waals surface area (Å²) in [4.78, 5) is 30.4. The topological polar surface area (TPSA) is 79.5 Å². The molecule has 26 heavy (non-hydrogen) atoms. The van der Waals surface area contributed by atoms with E-state index in [9.17, 15) is 9.59 Å². The molecule has 4 unspecified atom stereocenters. The third-order valence-electron chi connectivity index (χ3n) is 5.10. The molecule has 0 spiro atoms. The van der Waals surface area contributed by atoms with Crippen LogP contribution in [0.5, 0.6) is 0 Å². The molecule has 142 valence electrons. The summed E-state index contributed by atoms with van der Waals surface area (Å²) >= 11 is 0. The molecule has 1 aromatic rings.